The highest BCUT2D eigenvalue weighted by molar-refractivity contribution is 7.98. The molecule has 0 spiro atoms. The third kappa shape index (κ3) is 11.1. The Labute approximate surface area is 169 Å². The van der Waals surface area contributed by atoms with Crippen LogP contribution in [0.1, 0.15) is 26.7 Å². The van der Waals surface area contributed by atoms with E-state index in [-0.39, 0.29) is 11.7 Å². The van der Waals surface area contributed by atoms with Crippen LogP contribution >= 0.6 is 24.4 Å². The largest absolute Gasteiger partial charge is 0.480 e. The quantitative estimate of drug-likeness (QED) is 0.213. The highest BCUT2D eigenvalue weighted by Crippen LogP contribution is 2.07. The van der Waals surface area contributed by atoms with Gasteiger partial charge in [-0.25, -0.2) is 0 Å². The van der Waals surface area contributed by atoms with E-state index in [9.17, 15) is 19.2 Å². The first-order valence-electron chi connectivity index (χ1n) is 8.57. The van der Waals surface area contributed by atoms with E-state index in [2.05, 4.69) is 28.6 Å². The summed E-state index contributed by atoms with van der Waals surface area (Å²) in [6, 6.07) is -2.59. The summed E-state index contributed by atoms with van der Waals surface area (Å²) in [5.74, 6) is -2.02. The Kier molecular flexibility index (Phi) is 12.9. The van der Waals surface area contributed by atoms with E-state index in [0.717, 1.165) is 5.75 Å². The lowest BCUT2D eigenvalue weighted by Crippen LogP contribution is -2.56. The van der Waals surface area contributed by atoms with Gasteiger partial charge >= 0.3 is 5.97 Å². The first kappa shape index (κ1) is 25.5. The first-order valence-corrected chi connectivity index (χ1v) is 10.6. The van der Waals surface area contributed by atoms with Gasteiger partial charge < -0.3 is 26.8 Å². The van der Waals surface area contributed by atoms with Crippen molar-refractivity contribution in [1.29, 1.82) is 0 Å². The van der Waals surface area contributed by atoms with Gasteiger partial charge in [0, 0.05) is 5.75 Å². The number of carboxylic acid groups (broad SMARTS) is 1. The number of hydrogen-bond acceptors (Lipinski definition) is 7. The van der Waals surface area contributed by atoms with Gasteiger partial charge in [-0.3, -0.25) is 19.2 Å². The molecule has 0 aliphatic rings. The number of amides is 3. The molecule has 3 amide bonds. The van der Waals surface area contributed by atoms with Crippen LogP contribution in [0.5, 0.6) is 0 Å². The normalized spacial score (nSPS) is 14.1. The molecule has 0 aromatic heterocycles. The summed E-state index contributed by atoms with van der Waals surface area (Å²) in [6.45, 7) is 3.24. The number of carbonyl (C=O) groups excluding carboxylic acids is 3. The minimum atomic E-state index is -1.20. The van der Waals surface area contributed by atoms with E-state index in [1.54, 1.807) is 11.8 Å². The standard InChI is InChI=1S/C16H30N4O5S2/c1-9(2)6-11(19-14(23)10(17)4-5-27-3)16(25)20-12(8-26)15(24)18-7-13(21)22/h9-12,26H,4-8,17H2,1-3H3,(H,18,24)(H,19,23)(H,20,25)(H,21,22). The maximum absolute atomic E-state index is 12.6. The predicted molar refractivity (Wildman–Crippen MR) is 109 cm³/mol. The van der Waals surface area contributed by atoms with E-state index in [1.165, 1.54) is 0 Å². The Hall–Kier alpha value is -1.46. The maximum atomic E-state index is 12.6. The highest BCUT2D eigenvalue weighted by Gasteiger charge is 2.28. The van der Waals surface area contributed by atoms with Crippen LogP contribution < -0.4 is 21.7 Å². The van der Waals surface area contributed by atoms with Crippen molar-refractivity contribution in [3.8, 4) is 0 Å². The van der Waals surface area contributed by atoms with Crippen LogP contribution in [0.15, 0.2) is 0 Å². The Morgan fingerprint density at radius 2 is 1.67 bits per heavy atom. The minimum absolute atomic E-state index is 0.0211. The van der Waals surface area contributed by atoms with Gasteiger partial charge in [0.2, 0.25) is 17.7 Å². The van der Waals surface area contributed by atoms with E-state index in [0.29, 0.717) is 12.8 Å². The van der Waals surface area contributed by atoms with Gasteiger partial charge in [0.05, 0.1) is 6.04 Å². The fourth-order valence-electron chi connectivity index (χ4n) is 2.11. The van der Waals surface area contributed by atoms with Gasteiger partial charge in [-0.1, -0.05) is 13.8 Å². The molecule has 0 aliphatic carbocycles. The van der Waals surface area contributed by atoms with Crippen molar-refractivity contribution >= 4 is 48.1 Å². The van der Waals surface area contributed by atoms with Crippen molar-refractivity contribution in [1.82, 2.24) is 16.0 Å². The number of aliphatic carboxylic acids is 1. The van der Waals surface area contributed by atoms with Gasteiger partial charge in [0.25, 0.3) is 0 Å². The molecule has 0 rings (SSSR count). The molecular formula is C16H30N4O5S2. The molecule has 0 radical (unpaired) electrons. The minimum Gasteiger partial charge on any atom is -0.480 e. The van der Waals surface area contributed by atoms with Crippen molar-refractivity contribution in [2.75, 3.05) is 24.3 Å². The predicted octanol–water partition coefficient (Wildman–Crippen LogP) is -0.787. The summed E-state index contributed by atoms with van der Waals surface area (Å²) in [6.07, 6.45) is 2.76. The average Bonchev–Trinajstić information content (AvgIpc) is 2.60. The average molecular weight is 423 g/mol. The van der Waals surface area contributed by atoms with E-state index in [4.69, 9.17) is 10.8 Å². The molecule has 0 bridgehead atoms. The zero-order valence-electron chi connectivity index (χ0n) is 15.9. The summed E-state index contributed by atoms with van der Waals surface area (Å²) in [4.78, 5) is 47.3. The number of rotatable bonds is 13. The van der Waals surface area contributed by atoms with Crippen molar-refractivity contribution in [3.05, 3.63) is 0 Å². The molecule has 3 atom stereocenters. The Morgan fingerprint density at radius 1 is 1.07 bits per heavy atom. The van der Waals surface area contributed by atoms with Crippen molar-refractivity contribution < 1.29 is 24.3 Å². The molecule has 0 saturated carbocycles. The molecule has 0 fully saturated rings. The number of thiol groups is 1. The van der Waals surface area contributed by atoms with Crippen LogP contribution in [0.2, 0.25) is 0 Å². The molecule has 11 heteroatoms. The third-order valence-electron chi connectivity index (χ3n) is 3.54. The van der Waals surface area contributed by atoms with Crippen LogP contribution in [-0.2, 0) is 19.2 Å². The molecule has 3 unspecified atom stereocenters. The van der Waals surface area contributed by atoms with Gasteiger partial charge in [0.1, 0.15) is 18.6 Å². The number of thioether (sulfide) groups is 1. The van der Waals surface area contributed by atoms with Crippen LogP contribution in [-0.4, -0.2) is 71.2 Å². The molecule has 27 heavy (non-hydrogen) atoms. The van der Waals surface area contributed by atoms with Crippen LogP contribution in [0, 0.1) is 5.92 Å². The molecule has 0 aromatic carbocycles. The number of nitrogens with one attached hydrogen (secondary N) is 3. The van der Waals surface area contributed by atoms with Crippen molar-refractivity contribution in [2.24, 2.45) is 11.7 Å². The monoisotopic (exact) mass is 422 g/mol. The van der Waals surface area contributed by atoms with Gasteiger partial charge in [-0.05, 0) is 30.8 Å². The summed E-state index contributed by atoms with van der Waals surface area (Å²) in [7, 11) is 0. The Balaban J connectivity index is 4.95. The Bertz CT molecular complexity index is 519. The molecular weight excluding hydrogens is 392 g/mol. The number of carbonyl (C=O) groups is 4. The lowest BCUT2D eigenvalue weighted by Gasteiger charge is -2.24. The first-order chi connectivity index (χ1) is 12.6. The summed E-state index contributed by atoms with van der Waals surface area (Å²) >= 11 is 5.59. The zero-order chi connectivity index (χ0) is 21.0. The van der Waals surface area contributed by atoms with Crippen LogP contribution in [0.4, 0.5) is 0 Å². The summed E-state index contributed by atoms with van der Waals surface area (Å²) in [5, 5.41) is 15.9. The molecule has 0 aliphatic heterocycles. The summed E-state index contributed by atoms with van der Waals surface area (Å²) < 4.78 is 0. The number of nitrogens with two attached hydrogens (primary N) is 1. The van der Waals surface area contributed by atoms with Gasteiger partial charge in [-0.15, -0.1) is 0 Å². The molecule has 9 nitrogen and oxygen atoms in total. The maximum Gasteiger partial charge on any atom is 0.322 e. The molecule has 6 N–H and O–H groups in total. The third-order valence-corrected chi connectivity index (χ3v) is 4.55. The second-order valence-corrected chi connectivity index (χ2v) is 7.78. The van der Waals surface area contributed by atoms with Gasteiger partial charge in [0.15, 0.2) is 0 Å². The fourth-order valence-corrected chi connectivity index (χ4v) is 2.86. The smallest absolute Gasteiger partial charge is 0.322 e. The Morgan fingerprint density at radius 3 is 2.15 bits per heavy atom. The topological polar surface area (TPSA) is 151 Å². The fraction of sp³-hybridized carbons (Fsp3) is 0.750. The number of carboxylic acids is 1. The lowest BCUT2D eigenvalue weighted by molar-refractivity contribution is -0.138. The van der Waals surface area contributed by atoms with Crippen LogP contribution in [0.25, 0.3) is 0 Å². The SMILES string of the molecule is CSCCC(N)C(=O)NC(CC(C)C)C(=O)NC(CS)C(=O)NCC(=O)O. The van der Waals surface area contributed by atoms with E-state index >= 15 is 0 Å². The second kappa shape index (κ2) is 13.7. The molecule has 0 aromatic rings. The van der Waals surface area contributed by atoms with Crippen molar-refractivity contribution in [2.45, 2.75) is 44.8 Å². The zero-order valence-corrected chi connectivity index (χ0v) is 17.6. The molecule has 0 heterocycles. The van der Waals surface area contributed by atoms with E-state index < -0.39 is 48.4 Å². The second-order valence-electron chi connectivity index (χ2n) is 6.43. The number of hydrogen-bond donors (Lipinski definition) is 6. The van der Waals surface area contributed by atoms with Gasteiger partial charge in [-0.2, -0.15) is 24.4 Å². The molecule has 0 saturated heterocycles. The van der Waals surface area contributed by atoms with Crippen LogP contribution in [0.3, 0.4) is 0 Å². The summed E-state index contributed by atoms with van der Waals surface area (Å²) in [5.41, 5.74) is 5.84. The van der Waals surface area contributed by atoms with Crippen molar-refractivity contribution in [3.63, 3.8) is 0 Å². The highest BCUT2D eigenvalue weighted by atomic mass is 32.2. The van der Waals surface area contributed by atoms with E-state index in [1.807, 2.05) is 20.1 Å². The lowest BCUT2D eigenvalue weighted by atomic mass is 10.0. The molecule has 156 valence electrons.